The number of amides is 1. The SMILES string of the molecule is CN(C)CCN(C)Cc1ccc(-c2ccc(NC(=O)c3cccc(C#N)c3)cc2)cc1.O=C(O)C(F)(F)F. The molecule has 10 heteroatoms. The van der Waals surface area contributed by atoms with Crippen LogP contribution in [0.15, 0.2) is 72.8 Å². The highest BCUT2D eigenvalue weighted by molar-refractivity contribution is 6.04. The highest BCUT2D eigenvalue weighted by Crippen LogP contribution is 2.23. The number of alkyl halides is 3. The number of anilines is 1. The molecule has 0 aliphatic heterocycles. The fraction of sp³-hybridized carbons (Fsp3) is 0.250. The summed E-state index contributed by atoms with van der Waals surface area (Å²) >= 11 is 0. The number of hydrogen-bond donors (Lipinski definition) is 2. The van der Waals surface area contributed by atoms with E-state index in [4.69, 9.17) is 15.2 Å². The summed E-state index contributed by atoms with van der Waals surface area (Å²) in [5, 5.41) is 19.0. The number of nitriles is 1. The van der Waals surface area contributed by atoms with E-state index in [9.17, 15) is 18.0 Å². The van der Waals surface area contributed by atoms with Crippen LogP contribution < -0.4 is 5.32 Å². The van der Waals surface area contributed by atoms with Crippen LogP contribution in [0.25, 0.3) is 11.1 Å². The Balaban J connectivity index is 0.000000638. The lowest BCUT2D eigenvalue weighted by atomic mass is 10.0. The molecule has 3 aromatic carbocycles. The molecule has 0 aliphatic carbocycles. The highest BCUT2D eigenvalue weighted by Gasteiger charge is 2.38. The quantitative estimate of drug-likeness (QED) is 0.424. The van der Waals surface area contributed by atoms with Crippen molar-refractivity contribution in [3.05, 3.63) is 89.5 Å². The molecule has 0 heterocycles. The van der Waals surface area contributed by atoms with Gasteiger partial charge in [0.2, 0.25) is 0 Å². The fourth-order valence-corrected chi connectivity index (χ4v) is 3.24. The van der Waals surface area contributed by atoms with Gasteiger partial charge in [0.1, 0.15) is 0 Å². The van der Waals surface area contributed by atoms with Gasteiger partial charge in [0, 0.05) is 30.9 Å². The molecule has 0 aliphatic rings. The van der Waals surface area contributed by atoms with E-state index >= 15 is 0 Å². The van der Waals surface area contributed by atoms with Gasteiger partial charge in [0.05, 0.1) is 11.6 Å². The Kier molecular flexibility index (Phi) is 11.0. The topological polar surface area (TPSA) is 96.7 Å². The van der Waals surface area contributed by atoms with Gasteiger partial charge < -0.3 is 20.2 Å². The number of carboxylic acid groups (broad SMARTS) is 1. The van der Waals surface area contributed by atoms with Gasteiger partial charge in [-0.1, -0.05) is 42.5 Å². The van der Waals surface area contributed by atoms with E-state index in [1.807, 2.05) is 24.3 Å². The number of halogens is 3. The van der Waals surface area contributed by atoms with Gasteiger partial charge in [-0.3, -0.25) is 4.79 Å². The standard InChI is InChI=1S/C26H28N4O.C2HF3O2/c1-29(2)15-16-30(3)19-20-7-9-22(10-8-20)23-11-13-25(14-12-23)28-26(31)24-6-4-5-21(17-24)18-27;3-2(4,5)1(6)7/h4-14,17H,15-16,19H2,1-3H3,(H,28,31);(H,6,7). The minimum absolute atomic E-state index is 0.229. The molecule has 0 saturated heterocycles. The number of benzene rings is 3. The molecule has 0 bridgehead atoms. The smallest absolute Gasteiger partial charge is 0.475 e. The summed E-state index contributed by atoms with van der Waals surface area (Å²) < 4.78 is 31.7. The van der Waals surface area contributed by atoms with Crippen LogP contribution in [-0.2, 0) is 11.3 Å². The molecule has 0 radical (unpaired) electrons. The first-order valence-corrected chi connectivity index (χ1v) is 11.5. The largest absolute Gasteiger partial charge is 0.490 e. The molecule has 0 aromatic heterocycles. The van der Waals surface area contributed by atoms with Crippen molar-refractivity contribution in [3.63, 3.8) is 0 Å². The number of carbonyl (C=O) groups is 2. The fourth-order valence-electron chi connectivity index (χ4n) is 3.24. The molecule has 1 amide bonds. The van der Waals surface area contributed by atoms with E-state index < -0.39 is 12.1 Å². The average Bonchev–Trinajstić information content (AvgIpc) is 2.88. The van der Waals surface area contributed by atoms with Crippen LogP contribution >= 0.6 is 0 Å². The maximum Gasteiger partial charge on any atom is 0.490 e. The molecule has 3 aromatic rings. The minimum Gasteiger partial charge on any atom is -0.475 e. The van der Waals surface area contributed by atoms with Crippen LogP contribution in [0.4, 0.5) is 18.9 Å². The second kappa shape index (κ2) is 13.9. The van der Waals surface area contributed by atoms with Gasteiger partial charge in [-0.15, -0.1) is 0 Å². The van der Waals surface area contributed by atoms with Gasteiger partial charge in [-0.2, -0.15) is 18.4 Å². The third-order valence-corrected chi connectivity index (χ3v) is 5.31. The first-order chi connectivity index (χ1) is 17.9. The number of nitrogens with one attached hydrogen (secondary N) is 1. The molecule has 2 N–H and O–H groups in total. The Morgan fingerprint density at radius 3 is 1.97 bits per heavy atom. The van der Waals surface area contributed by atoms with Crippen LogP contribution in [-0.4, -0.2) is 67.2 Å². The van der Waals surface area contributed by atoms with E-state index in [-0.39, 0.29) is 5.91 Å². The van der Waals surface area contributed by atoms with E-state index in [1.54, 1.807) is 24.3 Å². The molecule has 0 spiro atoms. The summed E-state index contributed by atoms with van der Waals surface area (Å²) in [6.07, 6.45) is -5.08. The zero-order chi connectivity index (χ0) is 28.3. The van der Waals surface area contributed by atoms with Crippen molar-refractivity contribution in [1.82, 2.24) is 9.80 Å². The maximum atomic E-state index is 12.4. The predicted molar refractivity (Wildman–Crippen MR) is 140 cm³/mol. The summed E-state index contributed by atoms with van der Waals surface area (Å²) in [4.78, 5) is 25.8. The third-order valence-electron chi connectivity index (χ3n) is 5.31. The van der Waals surface area contributed by atoms with Gasteiger partial charge in [0.15, 0.2) is 0 Å². The number of carbonyl (C=O) groups excluding carboxylic acids is 1. The van der Waals surface area contributed by atoms with E-state index in [2.05, 4.69) is 66.6 Å². The van der Waals surface area contributed by atoms with Crippen molar-refractivity contribution in [2.75, 3.05) is 39.5 Å². The van der Waals surface area contributed by atoms with Crippen molar-refractivity contribution in [2.24, 2.45) is 0 Å². The van der Waals surface area contributed by atoms with Crippen molar-refractivity contribution in [2.45, 2.75) is 12.7 Å². The van der Waals surface area contributed by atoms with Crippen molar-refractivity contribution < 1.29 is 27.9 Å². The average molecular weight is 527 g/mol. The summed E-state index contributed by atoms with van der Waals surface area (Å²) in [5.74, 6) is -2.99. The first kappa shape index (κ1) is 30.0. The molecule has 0 unspecified atom stereocenters. The number of likely N-dealkylation sites (N-methyl/N-ethyl adjacent to an activating group) is 2. The van der Waals surface area contributed by atoms with Gasteiger partial charge in [-0.25, -0.2) is 4.79 Å². The molecule has 7 nitrogen and oxygen atoms in total. The molecule has 38 heavy (non-hydrogen) atoms. The Morgan fingerprint density at radius 2 is 1.47 bits per heavy atom. The van der Waals surface area contributed by atoms with Gasteiger partial charge in [-0.05, 0) is 68.2 Å². The number of rotatable bonds is 8. The van der Waals surface area contributed by atoms with E-state index in [0.717, 1.165) is 36.4 Å². The molecule has 0 saturated carbocycles. The summed E-state index contributed by atoms with van der Waals surface area (Å²) in [6.45, 7) is 3.00. The van der Waals surface area contributed by atoms with Crippen LogP contribution in [0.2, 0.25) is 0 Å². The Bertz CT molecular complexity index is 1250. The lowest BCUT2D eigenvalue weighted by molar-refractivity contribution is -0.192. The predicted octanol–water partition coefficient (Wildman–Crippen LogP) is 5.10. The van der Waals surface area contributed by atoms with Crippen LogP contribution in [0.1, 0.15) is 21.5 Å². The lowest BCUT2D eigenvalue weighted by Gasteiger charge is -2.19. The second-order valence-electron chi connectivity index (χ2n) is 8.76. The minimum atomic E-state index is -5.08. The zero-order valence-electron chi connectivity index (χ0n) is 21.3. The van der Waals surface area contributed by atoms with Gasteiger partial charge >= 0.3 is 12.1 Å². The summed E-state index contributed by atoms with van der Waals surface area (Å²) in [6, 6.07) is 25.1. The maximum absolute atomic E-state index is 12.4. The van der Waals surface area contributed by atoms with Crippen molar-refractivity contribution in [1.29, 1.82) is 5.26 Å². The monoisotopic (exact) mass is 526 g/mol. The van der Waals surface area contributed by atoms with Crippen LogP contribution in [0.5, 0.6) is 0 Å². The molecule has 200 valence electrons. The molecule has 3 rings (SSSR count). The number of carboxylic acids is 1. The Hall–Kier alpha value is -4.20. The highest BCUT2D eigenvalue weighted by atomic mass is 19.4. The normalized spacial score (nSPS) is 10.9. The molecular weight excluding hydrogens is 497 g/mol. The second-order valence-corrected chi connectivity index (χ2v) is 8.76. The van der Waals surface area contributed by atoms with Crippen molar-refractivity contribution >= 4 is 17.6 Å². The Morgan fingerprint density at radius 1 is 0.921 bits per heavy atom. The van der Waals surface area contributed by atoms with Crippen LogP contribution in [0, 0.1) is 11.3 Å². The summed E-state index contributed by atoms with van der Waals surface area (Å²) in [7, 11) is 6.32. The van der Waals surface area contributed by atoms with E-state index in [0.29, 0.717) is 11.1 Å². The zero-order valence-corrected chi connectivity index (χ0v) is 21.3. The molecular formula is C28H29F3N4O3. The van der Waals surface area contributed by atoms with Gasteiger partial charge in [0.25, 0.3) is 5.91 Å². The number of nitrogens with zero attached hydrogens (tertiary/aromatic N) is 3. The van der Waals surface area contributed by atoms with E-state index in [1.165, 1.54) is 5.56 Å². The Labute approximate surface area is 219 Å². The summed E-state index contributed by atoms with van der Waals surface area (Å²) in [5.41, 5.74) is 5.17. The molecule has 0 atom stereocenters. The third kappa shape index (κ3) is 10.0. The van der Waals surface area contributed by atoms with Crippen molar-refractivity contribution in [3.8, 4) is 17.2 Å². The lowest BCUT2D eigenvalue weighted by Crippen LogP contribution is -2.28. The molecule has 0 fully saturated rings. The van der Waals surface area contributed by atoms with Crippen LogP contribution in [0.3, 0.4) is 0 Å². The number of aliphatic carboxylic acids is 1. The first-order valence-electron chi connectivity index (χ1n) is 11.5. The number of hydrogen-bond acceptors (Lipinski definition) is 5.